The number of aliphatic hydroxyl groups is 2. The van der Waals surface area contributed by atoms with Gasteiger partial charge in [-0.25, -0.2) is 0 Å². The van der Waals surface area contributed by atoms with Gasteiger partial charge in [-0.05, 0) is 5.92 Å². The van der Waals surface area contributed by atoms with Crippen molar-refractivity contribution in [1.29, 1.82) is 0 Å². The van der Waals surface area contributed by atoms with Crippen molar-refractivity contribution in [2.24, 2.45) is 16.3 Å². The van der Waals surface area contributed by atoms with Gasteiger partial charge < -0.3 is 14.9 Å². The molecule has 7 heteroatoms. The van der Waals surface area contributed by atoms with Crippen LogP contribution in [0, 0.1) is 15.7 Å². The molecule has 0 aromatic heterocycles. The van der Waals surface area contributed by atoms with Crippen molar-refractivity contribution in [2.45, 2.75) is 44.2 Å². The van der Waals surface area contributed by atoms with Gasteiger partial charge in [0, 0.05) is 0 Å². The van der Waals surface area contributed by atoms with Crippen molar-refractivity contribution in [3.05, 3.63) is 9.81 Å². The second kappa shape index (κ2) is 5.42. The van der Waals surface area contributed by atoms with Gasteiger partial charge in [-0.15, -0.1) is 0 Å². The van der Waals surface area contributed by atoms with Crippen molar-refractivity contribution in [3.8, 4) is 0 Å². The normalized spacial score (nSPS) is 39.7. The average molecular weight is 232 g/mol. The van der Waals surface area contributed by atoms with Gasteiger partial charge in [-0.2, -0.15) is 9.81 Å². The van der Waals surface area contributed by atoms with Gasteiger partial charge in [0.25, 0.3) is 0 Å². The molecule has 1 aliphatic heterocycles. The number of aliphatic hydroxyl groups excluding tert-OH is 2. The van der Waals surface area contributed by atoms with Gasteiger partial charge in [-0.3, -0.25) is 0 Å². The smallest absolute Gasteiger partial charge is 0.149 e. The predicted molar refractivity (Wildman–Crippen MR) is 55.8 cm³/mol. The highest BCUT2D eigenvalue weighted by atomic mass is 16.5. The van der Waals surface area contributed by atoms with Crippen molar-refractivity contribution in [3.63, 3.8) is 0 Å². The standard InChI is InChI=1S/C9H16N2O5/c1-4(2)9-8(13)7(11-15)6(10-14)5(3-12)16-9/h4-9,12-13H,3H2,1-2H3. The van der Waals surface area contributed by atoms with Crippen molar-refractivity contribution in [1.82, 2.24) is 0 Å². The molecule has 1 aliphatic rings. The van der Waals surface area contributed by atoms with Gasteiger partial charge in [-0.1, -0.05) is 24.2 Å². The van der Waals surface area contributed by atoms with E-state index in [0.29, 0.717) is 0 Å². The summed E-state index contributed by atoms with van der Waals surface area (Å²) in [6.45, 7) is 3.18. The lowest BCUT2D eigenvalue weighted by atomic mass is 9.87. The fraction of sp³-hybridized carbons (Fsp3) is 1.00. The second-order valence-electron chi connectivity index (χ2n) is 4.25. The van der Waals surface area contributed by atoms with E-state index in [9.17, 15) is 14.9 Å². The summed E-state index contributed by atoms with van der Waals surface area (Å²) >= 11 is 0. The fourth-order valence-electron chi connectivity index (χ4n) is 1.94. The molecule has 0 bridgehead atoms. The zero-order valence-electron chi connectivity index (χ0n) is 9.18. The summed E-state index contributed by atoms with van der Waals surface area (Å²) in [5.74, 6) is -0.0547. The number of nitroso groups, excluding NO2 is 2. The van der Waals surface area contributed by atoms with Crippen LogP contribution in [-0.4, -0.2) is 47.2 Å². The van der Waals surface area contributed by atoms with Crippen LogP contribution in [0.15, 0.2) is 10.4 Å². The van der Waals surface area contributed by atoms with Crippen LogP contribution >= 0.6 is 0 Å². The average Bonchev–Trinajstić information content (AvgIpc) is 2.27. The Labute approximate surface area is 92.7 Å². The molecule has 1 saturated heterocycles. The van der Waals surface area contributed by atoms with Crippen LogP contribution in [0.3, 0.4) is 0 Å². The number of hydrogen-bond donors (Lipinski definition) is 2. The highest BCUT2D eigenvalue weighted by Gasteiger charge is 2.48. The van der Waals surface area contributed by atoms with Gasteiger partial charge in [0.2, 0.25) is 0 Å². The van der Waals surface area contributed by atoms with Crippen LogP contribution in [0.1, 0.15) is 13.8 Å². The number of hydrogen-bond acceptors (Lipinski definition) is 7. The Morgan fingerprint density at radius 1 is 1.25 bits per heavy atom. The van der Waals surface area contributed by atoms with Crippen LogP contribution in [0.2, 0.25) is 0 Å². The summed E-state index contributed by atoms with van der Waals surface area (Å²) in [6, 6.07) is -2.29. The summed E-state index contributed by atoms with van der Waals surface area (Å²) in [6.07, 6.45) is -2.67. The molecule has 0 amide bonds. The Hall–Kier alpha value is -0.920. The topological polar surface area (TPSA) is 109 Å². The van der Waals surface area contributed by atoms with Gasteiger partial charge in [0.1, 0.15) is 24.3 Å². The van der Waals surface area contributed by atoms with E-state index in [1.165, 1.54) is 0 Å². The molecular formula is C9H16N2O5. The largest absolute Gasteiger partial charge is 0.394 e. The molecule has 92 valence electrons. The Kier molecular flexibility index (Phi) is 4.45. The predicted octanol–water partition coefficient (Wildman–Crippen LogP) is 0.0330. The molecule has 0 saturated carbocycles. The minimum Gasteiger partial charge on any atom is -0.394 e. The molecule has 5 unspecified atom stereocenters. The first kappa shape index (κ1) is 13.1. The third kappa shape index (κ3) is 2.26. The highest BCUT2D eigenvalue weighted by molar-refractivity contribution is 5.00. The van der Waals surface area contributed by atoms with E-state index < -0.39 is 37.0 Å². The van der Waals surface area contributed by atoms with E-state index in [2.05, 4.69) is 10.4 Å². The fourth-order valence-corrected chi connectivity index (χ4v) is 1.94. The lowest BCUT2D eigenvalue weighted by molar-refractivity contribution is -0.161. The molecule has 7 nitrogen and oxygen atoms in total. The lowest BCUT2D eigenvalue weighted by Crippen LogP contribution is -2.58. The minimum absolute atomic E-state index is 0.0547. The maximum atomic E-state index is 10.6. The monoisotopic (exact) mass is 232 g/mol. The van der Waals surface area contributed by atoms with Gasteiger partial charge >= 0.3 is 0 Å². The lowest BCUT2D eigenvalue weighted by Gasteiger charge is -2.40. The van der Waals surface area contributed by atoms with E-state index in [-0.39, 0.29) is 5.92 Å². The van der Waals surface area contributed by atoms with Crippen LogP contribution in [0.4, 0.5) is 0 Å². The summed E-state index contributed by atoms with van der Waals surface area (Å²) in [4.78, 5) is 21.2. The highest BCUT2D eigenvalue weighted by Crippen LogP contribution is 2.29. The Bertz CT molecular complexity index is 260. The molecule has 0 aliphatic carbocycles. The molecule has 1 fully saturated rings. The quantitative estimate of drug-likeness (QED) is 0.665. The summed E-state index contributed by atoms with van der Waals surface area (Å²) in [5.41, 5.74) is 0. The first-order chi connectivity index (χ1) is 7.56. The summed E-state index contributed by atoms with van der Waals surface area (Å²) in [5, 5.41) is 24.3. The molecule has 1 heterocycles. The zero-order chi connectivity index (χ0) is 12.3. The van der Waals surface area contributed by atoms with Crippen molar-refractivity contribution in [2.75, 3.05) is 6.61 Å². The van der Waals surface area contributed by atoms with Crippen LogP contribution in [-0.2, 0) is 4.74 Å². The third-order valence-electron chi connectivity index (χ3n) is 2.83. The van der Waals surface area contributed by atoms with E-state index in [4.69, 9.17) is 9.84 Å². The summed E-state index contributed by atoms with van der Waals surface area (Å²) < 4.78 is 5.35. The second-order valence-corrected chi connectivity index (χ2v) is 4.25. The van der Waals surface area contributed by atoms with Crippen LogP contribution < -0.4 is 0 Å². The molecule has 0 spiro atoms. The number of ether oxygens (including phenoxy) is 1. The Morgan fingerprint density at radius 3 is 2.19 bits per heavy atom. The first-order valence-corrected chi connectivity index (χ1v) is 5.16. The molecule has 2 N–H and O–H groups in total. The Morgan fingerprint density at radius 2 is 1.81 bits per heavy atom. The Balaban J connectivity index is 2.93. The van der Waals surface area contributed by atoms with E-state index >= 15 is 0 Å². The molecule has 0 aromatic carbocycles. The van der Waals surface area contributed by atoms with Gasteiger partial charge in [0.05, 0.1) is 12.7 Å². The molecule has 0 aromatic rings. The van der Waals surface area contributed by atoms with Crippen molar-refractivity contribution < 1.29 is 14.9 Å². The van der Waals surface area contributed by atoms with E-state index in [1.54, 1.807) is 13.8 Å². The molecule has 0 radical (unpaired) electrons. The van der Waals surface area contributed by atoms with Crippen molar-refractivity contribution >= 4 is 0 Å². The van der Waals surface area contributed by atoms with Gasteiger partial charge in [0.15, 0.2) is 0 Å². The first-order valence-electron chi connectivity index (χ1n) is 5.16. The molecular weight excluding hydrogens is 216 g/mol. The SMILES string of the molecule is CC(C)C1OC(CO)C(N=O)C(N=O)C1O. The summed E-state index contributed by atoms with van der Waals surface area (Å²) in [7, 11) is 0. The minimum atomic E-state index is -1.16. The molecule has 16 heavy (non-hydrogen) atoms. The van der Waals surface area contributed by atoms with E-state index in [0.717, 1.165) is 0 Å². The molecule has 5 atom stereocenters. The van der Waals surface area contributed by atoms with Crippen LogP contribution in [0.5, 0.6) is 0 Å². The maximum Gasteiger partial charge on any atom is 0.149 e. The van der Waals surface area contributed by atoms with Crippen LogP contribution in [0.25, 0.3) is 0 Å². The number of rotatable bonds is 4. The zero-order valence-corrected chi connectivity index (χ0v) is 9.18. The third-order valence-corrected chi connectivity index (χ3v) is 2.83. The molecule has 1 rings (SSSR count). The maximum absolute atomic E-state index is 10.6. The van der Waals surface area contributed by atoms with E-state index in [1.807, 2.05) is 0 Å². The number of nitrogens with zero attached hydrogens (tertiary/aromatic N) is 2.